The lowest BCUT2D eigenvalue weighted by molar-refractivity contribution is -0.276. The summed E-state index contributed by atoms with van der Waals surface area (Å²) in [5.41, 5.74) is -1.36. The van der Waals surface area contributed by atoms with Gasteiger partial charge in [-0.05, 0) is 54.1 Å². The normalized spacial score (nSPS) is 12.0. The molecule has 0 spiro atoms. The minimum Gasteiger partial charge on any atom is -0.405 e. The lowest BCUT2D eigenvalue weighted by atomic mass is 10.0. The summed E-state index contributed by atoms with van der Waals surface area (Å²) in [6.07, 6.45) is -10.5. The molecule has 0 radical (unpaired) electrons. The highest BCUT2D eigenvalue weighted by molar-refractivity contribution is 8.14. The third kappa shape index (κ3) is 13.5. The number of ether oxygens (including phenoxy) is 2. The van der Waals surface area contributed by atoms with E-state index in [1.807, 2.05) is 0 Å². The average Bonchev–Trinajstić information content (AvgIpc) is 3.14. The van der Waals surface area contributed by atoms with E-state index in [1.165, 1.54) is 66.7 Å². The zero-order valence-electron chi connectivity index (χ0n) is 30.0. The summed E-state index contributed by atoms with van der Waals surface area (Å²) in [5, 5.41) is 0. The molecule has 0 saturated heterocycles. The highest BCUT2D eigenvalue weighted by Gasteiger charge is 2.37. The zero-order chi connectivity index (χ0) is 46.4. The van der Waals surface area contributed by atoms with Gasteiger partial charge in [-0.2, -0.15) is 0 Å². The van der Waals surface area contributed by atoms with Crippen LogP contribution in [-0.2, 0) is 27.2 Å². The fourth-order valence-corrected chi connectivity index (χ4v) is 8.25. The van der Waals surface area contributed by atoms with Crippen molar-refractivity contribution in [2.45, 2.75) is 27.4 Å². The van der Waals surface area contributed by atoms with Gasteiger partial charge in [-0.1, -0.05) is 78.9 Å². The molecule has 0 aliphatic rings. The summed E-state index contributed by atoms with van der Waals surface area (Å²) in [6, 6.07) is 24.5. The van der Waals surface area contributed by atoms with Crippen LogP contribution in [0.1, 0.15) is 0 Å². The maximum atomic E-state index is 14.0. The van der Waals surface area contributed by atoms with Crippen LogP contribution >= 0.6 is 32.0 Å². The van der Waals surface area contributed by atoms with Gasteiger partial charge in [0, 0.05) is 59.9 Å². The first-order valence-electron chi connectivity index (χ1n) is 16.2. The molecular weight excluding hydrogens is 977 g/mol. The van der Waals surface area contributed by atoms with Crippen LogP contribution in [0.2, 0.25) is 0 Å². The lowest BCUT2D eigenvalue weighted by Crippen LogP contribution is -2.20. The topological polar surface area (TPSA) is 121 Å². The number of hydrogen-bond donors (Lipinski definition) is 0. The number of hydrogen-bond acceptors (Lipinski definition) is 8. The first-order chi connectivity index (χ1) is 28.6. The molecule has 0 unspecified atom stereocenters. The molecule has 330 valence electrons. The van der Waals surface area contributed by atoms with E-state index >= 15 is 0 Å². The number of rotatable bonds is 8. The van der Waals surface area contributed by atoms with Crippen molar-refractivity contribution in [2.24, 2.45) is 0 Å². The van der Waals surface area contributed by atoms with Gasteiger partial charge in [0.25, 0.3) is 27.2 Å². The smallest absolute Gasteiger partial charge is 0.405 e. The van der Waals surface area contributed by atoms with Crippen molar-refractivity contribution in [1.82, 2.24) is 0 Å². The highest BCUT2D eigenvalue weighted by Crippen LogP contribution is 2.44. The van der Waals surface area contributed by atoms with Gasteiger partial charge in [-0.15, -0.1) is 26.3 Å². The molecule has 62 heavy (non-hydrogen) atoms. The van der Waals surface area contributed by atoms with Gasteiger partial charge >= 0.3 is 12.7 Å². The molecule has 0 saturated carbocycles. The van der Waals surface area contributed by atoms with Crippen LogP contribution in [0.4, 0.5) is 43.9 Å². The van der Waals surface area contributed by atoms with Crippen LogP contribution < -0.4 is 9.47 Å². The molecule has 0 atom stereocenters. The van der Waals surface area contributed by atoms with Crippen molar-refractivity contribution in [3.8, 4) is 44.9 Å². The van der Waals surface area contributed by atoms with Crippen molar-refractivity contribution in [2.75, 3.05) is 0 Å². The van der Waals surface area contributed by atoms with E-state index in [0.29, 0.717) is 0 Å². The Labute approximate surface area is 359 Å². The monoisotopic (exact) mass is 996 g/mol. The summed E-state index contributed by atoms with van der Waals surface area (Å²) in [4.78, 5) is -2.10. The summed E-state index contributed by atoms with van der Waals surface area (Å²) in [7, 11) is 2.44. The van der Waals surface area contributed by atoms with Crippen molar-refractivity contribution in [3.05, 3.63) is 151 Å². The minimum absolute atomic E-state index is 0.0165. The molecular formula is C38H21Cl3F10O8S3. The summed E-state index contributed by atoms with van der Waals surface area (Å²) < 4.78 is 206. The molecule has 24 heteroatoms. The van der Waals surface area contributed by atoms with Gasteiger partial charge in [0.05, 0.1) is 4.90 Å². The Bertz CT molecular complexity index is 2930. The van der Waals surface area contributed by atoms with Gasteiger partial charge in [0.15, 0.2) is 11.6 Å². The van der Waals surface area contributed by atoms with Crippen molar-refractivity contribution in [3.63, 3.8) is 0 Å². The summed E-state index contributed by atoms with van der Waals surface area (Å²) in [5.74, 6) is -5.18. The first kappa shape index (κ1) is 49.6. The molecule has 0 aliphatic heterocycles. The predicted molar refractivity (Wildman–Crippen MR) is 208 cm³/mol. The van der Waals surface area contributed by atoms with E-state index in [9.17, 15) is 69.2 Å². The van der Waals surface area contributed by atoms with Crippen molar-refractivity contribution in [1.29, 1.82) is 0 Å². The molecule has 6 rings (SSSR count). The van der Waals surface area contributed by atoms with Crippen molar-refractivity contribution < 1.29 is 78.6 Å². The Morgan fingerprint density at radius 3 is 1.44 bits per heavy atom. The Hall–Kier alpha value is -5.06. The van der Waals surface area contributed by atoms with Gasteiger partial charge in [0.2, 0.25) is 0 Å². The minimum atomic E-state index is -5.33. The molecule has 0 N–H and O–H groups in total. The number of halogens is 13. The van der Waals surface area contributed by atoms with E-state index in [0.717, 1.165) is 60.7 Å². The molecule has 0 aromatic heterocycles. The van der Waals surface area contributed by atoms with Gasteiger partial charge < -0.3 is 9.47 Å². The zero-order valence-corrected chi connectivity index (χ0v) is 34.7. The van der Waals surface area contributed by atoms with Crippen LogP contribution in [0.5, 0.6) is 11.5 Å². The number of benzene rings is 6. The van der Waals surface area contributed by atoms with Gasteiger partial charge in [0.1, 0.15) is 33.0 Å². The molecule has 8 nitrogen and oxygen atoms in total. The molecule has 6 aromatic rings. The Morgan fingerprint density at radius 2 is 0.887 bits per heavy atom. The average molecular weight is 998 g/mol. The fraction of sp³-hybridized carbons (Fsp3) is 0.0526. The molecule has 6 aromatic carbocycles. The molecule has 0 aliphatic carbocycles. The van der Waals surface area contributed by atoms with E-state index in [2.05, 4.69) is 9.47 Å². The number of para-hydroxylation sites is 2. The Kier molecular flexibility index (Phi) is 15.6. The van der Waals surface area contributed by atoms with E-state index in [-0.39, 0.29) is 27.1 Å². The molecule has 0 bridgehead atoms. The second-order valence-corrected chi connectivity index (χ2v) is 19.4. The van der Waals surface area contributed by atoms with Crippen molar-refractivity contribution >= 4 is 59.2 Å². The Morgan fingerprint density at radius 1 is 0.435 bits per heavy atom. The predicted octanol–water partition coefficient (Wildman–Crippen LogP) is 12.2. The Balaban J connectivity index is 0.000000210. The maximum Gasteiger partial charge on any atom is 0.573 e. The quantitative estimate of drug-likeness (QED) is 0.109. The third-order valence-electron chi connectivity index (χ3n) is 7.60. The third-order valence-corrected chi connectivity index (χ3v) is 11.7. The number of alkyl halides is 6. The second-order valence-electron chi connectivity index (χ2n) is 11.8. The van der Waals surface area contributed by atoms with Crippen LogP contribution in [0, 0.1) is 23.3 Å². The highest BCUT2D eigenvalue weighted by atomic mass is 35.7. The summed E-state index contributed by atoms with van der Waals surface area (Å²) in [6.45, 7) is 0. The standard InChI is InChI=1S/C14H7ClF6O4S.2C12H7ClF2O2S/c15-26(22,23)11-7-3-5-9(12(11)25-14(19,20)21)8-4-1-2-6-10(8)24-13(16,17)18;13-18(16,17)11-6-2-5-10(15)12(11)8-3-1-4-9(14)7-8;13-18(16,17)11-7-3-5-9(12(11)15)8-4-1-2-6-10(8)14/h1-7H;2*1-7H. The fourth-order valence-electron chi connectivity index (χ4n) is 5.26. The SMILES string of the molecule is O=S(=O)(Cl)c1cccc(-c2ccccc2F)c1F.O=S(=O)(Cl)c1cccc(-c2ccccc2OC(F)(F)F)c1OC(F)(F)F.O=S(=O)(Cl)c1cccc(F)c1-c1cccc(F)c1. The van der Waals surface area contributed by atoms with Gasteiger partial charge in [-0.25, -0.2) is 42.8 Å². The van der Waals surface area contributed by atoms with E-state index in [1.54, 1.807) is 0 Å². The summed E-state index contributed by atoms with van der Waals surface area (Å²) >= 11 is 0. The van der Waals surface area contributed by atoms with Crippen LogP contribution in [0.3, 0.4) is 0 Å². The lowest BCUT2D eigenvalue weighted by Gasteiger charge is -2.18. The van der Waals surface area contributed by atoms with Crippen LogP contribution in [0.25, 0.3) is 33.4 Å². The van der Waals surface area contributed by atoms with E-state index in [4.69, 9.17) is 32.0 Å². The largest absolute Gasteiger partial charge is 0.573 e. The van der Waals surface area contributed by atoms with E-state index < -0.39 is 95.6 Å². The molecule has 0 amide bonds. The van der Waals surface area contributed by atoms with Crippen LogP contribution in [-0.4, -0.2) is 38.0 Å². The van der Waals surface area contributed by atoms with Gasteiger partial charge in [-0.3, -0.25) is 0 Å². The second kappa shape index (κ2) is 19.5. The molecule has 0 fully saturated rings. The van der Waals surface area contributed by atoms with Crippen LogP contribution in [0.15, 0.2) is 142 Å². The molecule has 0 heterocycles. The first-order valence-corrected chi connectivity index (χ1v) is 23.2. The maximum absolute atomic E-state index is 14.0.